The monoisotopic (exact) mass is 568 g/mol. The summed E-state index contributed by atoms with van der Waals surface area (Å²) in [5.41, 5.74) is 0. The Labute approximate surface area is 238 Å². The summed E-state index contributed by atoms with van der Waals surface area (Å²) in [6.45, 7) is 2.27. The Morgan fingerprint density at radius 1 is 0.800 bits per heavy atom. The SMILES string of the molecule is CCCCCCCCCCC1CCC(C=CC2CCC(C(=O)Oc3ccc(OC(F)(F)C(F)F)cc3)CC2)CC1. The Morgan fingerprint density at radius 2 is 1.30 bits per heavy atom. The first-order chi connectivity index (χ1) is 19.3. The first-order valence-corrected chi connectivity index (χ1v) is 15.6. The van der Waals surface area contributed by atoms with Gasteiger partial charge in [0.05, 0.1) is 5.92 Å². The molecule has 2 saturated carbocycles. The van der Waals surface area contributed by atoms with Crippen LogP contribution >= 0.6 is 0 Å². The zero-order chi connectivity index (χ0) is 28.8. The summed E-state index contributed by atoms with van der Waals surface area (Å²) in [5, 5.41) is 0. The van der Waals surface area contributed by atoms with Crippen LogP contribution in [0.1, 0.15) is 116 Å². The average Bonchev–Trinajstić information content (AvgIpc) is 2.95. The molecule has 7 heteroatoms. The number of esters is 1. The van der Waals surface area contributed by atoms with Crippen molar-refractivity contribution in [2.75, 3.05) is 0 Å². The number of ether oxygens (including phenoxy) is 2. The Bertz CT molecular complexity index is 870. The highest BCUT2D eigenvalue weighted by Crippen LogP contribution is 2.35. The Kier molecular flexibility index (Phi) is 13.8. The zero-order valence-corrected chi connectivity index (χ0v) is 24.1. The van der Waals surface area contributed by atoms with Gasteiger partial charge in [-0.05, 0) is 93.4 Å². The van der Waals surface area contributed by atoms with Crippen LogP contribution in [-0.4, -0.2) is 18.5 Å². The number of rotatable bonds is 16. The van der Waals surface area contributed by atoms with Gasteiger partial charge in [-0.1, -0.05) is 76.9 Å². The van der Waals surface area contributed by atoms with Crippen LogP contribution in [0, 0.1) is 23.7 Å². The first kappa shape index (κ1) is 32.5. The average molecular weight is 569 g/mol. The third-order valence-corrected chi connectivity index (χ3v) is 8.67. The Hall–Kier alpha value is -2.05. The van der Waals surface area contributed by atoms with Crippen molar-refractivity contribution in [3.05, 3.63) is 36.4 Å². The number of carbonyl (C=O) groups excluding carboxylic acids is 1. The van der Waals surface area contributed by atoms with E-state index in [1.165, 1.54) is 95.6 Å². The van der Waals surface area contributed by atoms with Crippen LogP contribution in [-0.2, 0) is 4.79 Å². The summed E-state index contributed by atoms with van der Waals surface area (Å²) in [7, 11) is 0. The van der Waals surface area contributed by atoms with E-state index >= 15 is 0 Å². The molecule has 1 aromatic carbocycles. The summed E-state index contributed by atoms with van der Waals surface area (Å²) >= 11 is 0. The van der Waals surface area contributed by atoms with Crippen molar-refractivity contribution in [1.29, 1.82) is 0 Å². The Morgan fingerprint density at radius 3 is 1.85 bits per heavy atom. The van der Waals surface area contributed by atoms with Crippen molar-refractivity contribution in [2.24, 2.45) is 23.7 Å². The van der Waals surface area contributed by atoms with Gasteiger partial charge in [0, 0.05) is 0 Å². The lowest BCUT2D eigenvalue weighted by Crippen LogP contribution is -2.33. The highest BCUT2D eigenvalue weighted by atomic mass is 19.3. The van der Waals surface area contributed by atoms with E-state index in [-0.39, 0.29) is 17.6 Å². The minimum Gasteiger partial charge on any atom is -0.428 e. The molecule has 0 radical (unpaired) electrons. The molecule has 0 aliphatic heterocycles. The maximum atomic E-state index is 13.0. The van der Waals surface area contributed by atoms with E-state index in [9.17, 15) is 22.4 Å². The highest BCUT2D eigenvalue weighted by molar-refractivity contribution is 5.75. The predicted octanol–water partition coefficient (Wildman–Crippen LogP) is 10.5. The van der Waals surface area contributed by atoms with Crippen molar-refractivity contribution in [3.63, 3.8) is 0 Å². The number of unbranched alkanes of at least 4 members (excludes halogenated alkanes) is 7. The van der Waals surface area contributed by atoms with Gasteiger partial charge >= 0.3 is 18.5 Å². The third-order valence-electron chi connectivity index (χ3n) is 8.67. The third kappa shape index (κ3) is 11.4. The molecule has 0 saturated heterocycles. The summed E-state index contributed by atoms with van der Waals surface area (Å²) in [6, 6.07) is 4.72. The molecule has 2 aliphatic rings. The number of hydrogen-bond donors (Lipinski definition) is 0. The molecular weight excluding hydrogens is 520 g/mol. The van der Waals surface area contributed by atoms with Crippen LogP contribution in [0.2, 0.25) is 0 Å². The number of hydrogen-bond acceptors (Lipinski definition) is 3. The summed E-state index contributed by atoms with van der Waals surface area (Å²) in [5.74, 6) is 1.30. The largest absolute Gasteiger partial charge is 0.461 e. The van der Waals surface area contributed by atoms with E-state index in [1.807, 2.05) is 0 Å². The van der Waals surface area contributed by atoms with Crippen LogP contribution in [0.5, 0.6) is 11.5 Å². The maximum Gasteiger partial charge on any atom is 0.461 e. The molecule has 0 amide bonds. The lowest BCUT2D eigenvalue weighted by Gasteiger charge is -2.28. The first-order valence-electron chi connectivity index (χ1n) is 15.6. The molecular formula is C33H48F4O3. The lowest BCUT2D eigenvalue weighted by molar-refractivity contribution is -0.253. The van der Waals surface area contributed by atoms with Crippen molar-refractivity contribution >= 4 is 5.97 Å². The minimum atomic E-state index is -4.57. The number of allylic oxidation sites excluding steroid dienone is 2. The molecule has 2 aliphatic carbocycles. The van der Waals surface area contributed by atoms with Gasteiger partial charge in [-0.2, -0.15) is 17.6 Å². The highest BCUT2D eigenvalue weighted by Gasteiger charge is 2.44. The van der Waals surface area contributed by atoms with Gasteiger partial charge in [0.25, 0.3) is 0 Å². The molecule has 0 spiro atoms. The fraction of sp³-hybridized carbons (Fsp3) is 0.727. The molecule has 0 aromatic heterocycles. The second-order valence-electron chi connectivity index (χ2n) is 11.9. The van der Waals surface area contributed by atoms with E-state index in [4.69, 9.17) is 4.74 Å². The van der Waals surface area contributed by atoms with E-state index in [1.54, 1.807) is 0 Å². The second kappa shape index (κ2) is 17.0. The van der Waals surface area contributed by atoms with Crippen LogP contribution in [0.25, 0.3) is 0 Å². The number of carbonyl (C=O) groups is 1. The van der Waals surface area contributed by atoms with Gasteiger partial charge in [0.1, 0.15) is 11.5 Å². The van der Waals surface area contributed by atoms with Gasteiger partial charge < -0.3 is 9.47 Å². The fourth-order valence-corrected chi connectivity index (χ4v) is 6.07. The lowest BCUT2D eigenvalue weighted by atomic mass is 9.78. The number of benzene rings is 1. The van der Waals surface area contributed by atoms with Crippen molar-refractivity contribution in [3.8, 4) is 11.5 Å². The molecule has 0 unspecified atom stereocenters. The zero-order valence-electron chi connectivity index (χ0n) is 24.1. The predicted molar refractivity (Wildman–Crippen MR) is 151 cm³/mol. The van der Waals surface area contributed by atoms with Crippen LogP contribution < -0.4 is 9.47 Å². The van der Waals surface area contributed by atoms with E-state index in [0.29, 0.717) is 11.8 Å². The molecule has 0 bridgehead atoms. The molecule has 0 heterocycles. The molecule has 0 atom stereocenters. The Balaban J connectivity index is 1.27. The van der Waals surface area contributed by atoms with E-state index in [0.717, 1.165) is 43.7 Å². The molecule has 226 valence electrons. The molecule has 1 aromatic rings. The van der Waals surface area contributed by atoms with Gasteiger partial charge in [-0.15, -0.1) is 0 Å². The van der Waals surface area contributed by atoms with Gasteiger partial charge in [0.15, 0.2) is 0 Å². The van der Waals surface area contributed by atoms with Gasteiger partial charge in [-0.25, -0.2) is 0 Å². The van der Waals surface area contributed by atoms with Crippen LogP contribution in [0.15, 0.2) is 36.4 Å². The number of alkyl halides is 4. The van der Waals surface area contributed by atoms with Crippen molar-refractivity contribution in [2.45, 2.75) is 129 Å². The maximum absolute atomic E-state index is 13.0. The second-order valence-corrected chi connectivity index (χ2v) is 11.9. The van der Waals surface area contributed by atoms with E-state index in [2.05, 4.69) is 23.8 Å². The van der Waals surface area contributed by atoms with Crippen LogP contribution in [0.3, 0.4) is 0 Å². The van der Waals surface area contributed by atoms with Gasteiger partial charge in [0.2, 0.25) is 0 Å². The molecule has 3 nitrogen and oxygen atoms in total. The van der Waals surface area contributed by atoms with Crippen molar-refractivity contribution in [1.82, 2.24) is 0 Å². The standard InChI is InChI=1S/C33H48F4O3/c1-2-3-4-5-6-7-8-9-10-25-11-13-26(14-12-25)15-16-27-17-19-28(20-18-27)31(38)39-29-21-23-30(24-22-29)40-33(36,37)32(34)35/h15-16,21-28,32H,2-14,17-20H2,1H3. The number of halogens is 4. The summed E-state index contributed by atoms with van der Waals surface area (Å²) < 4.78 is 60.0. The van der Waals surface area contributed by atoms with Gasteiger partial charge in [-0.3, -0.25) is 4.79 Å². The molecule has 2 fully saturated rings. The quantitative estimate of drug-likeness (QED) is 0.0654. The van der Waals surface area contributed by atoms with Crippen LogP contribution in [0.4, 0.5) is 17.6 Å². The summed E-state index contributed by atoms with van der Waals surface area (Å²) in [6.07, 6.45) is 17.5. The smallest absolute Gasteiger partial charge is 0.428 e. The fourth-order valence-electron chi connectivity index (χ4n) is 6.07. The molecule has 40 heavy (non-hydrogen) atoms. The molecule has 3 rings (SSSR count). The minimum absolute atomic E-state index is 0.178. The molecule has 0 N–H and O–H groups in total. The normalized spacial score (nSPS) is 23.9. The summed E-state index contributed by atoms with van der Waals surface area (Å²) in [4.78, 5) is 12.6. The van der Waals surface area contributed by atoms with Crippen molar-refractivity contribution < 1.29 is 31.8 Å². The van der Waals surface area contributed by atoms with E-state index < -0.39 is 18.3 Å². The topological polar surface area (TPSA) is 35.5 Å².